The Kier molecular flexibility index (Phi) is 7.94. The fraction of sp³-hybridized carbons (Fsp3) is 0.429. The molecule has 10 heteroatoms. The molecule has 4 rings (SSSR count). The molecule has 2 fully saturated rings. The number of Topliss-reactive ketones (excluding diaryl/α,β-unsaturated/α-hetero) is 1. The van der Waals surface area contributed by atoms with Crippen LogP contribution in [0.3, 0.4) is 0 Å². The molecule has 0 radical (unpaired) electrons. The quantitative estimate of drug-likeness (QED) is 0.476. The Morgan fingerprint density at radius 3 is 2.42 bits per heavy atom. The van der Waals surface area contributed by atoms with Crippen molar-refractivity contribution < 1.29 is 28.3 Å². The first-order chi connectivity index (χ1) is 18.0. The van der Waals surface area contributed by atoms with Gasteiger partial charge < -0.3 is 25.6 Å². The molecular formula is C28H33FN4O5. The number of piperazine rings is 1. The van der Waals surface area contributed by atoms with Gasteiger partial charge in [0, 0.05) is 19.5 Å². The summed E-state index contributed by atoms with van der Waals surface area (Å²) in [4.78, 5) is 55.3. The molecule has 0 aromatic heterocycles. The standard InChI is InChI=1S/C28H33FN4O5/c1-27(2,30)26(37)31-22(17-38-16-20-6-4-3-5-7-20)25(36)32-12-13-33-24(35)14-23(34)28(33,18-32)15-19-8-10-21(29)11-9-19/h3-11,22H,12-18,30H2,1-2H3,(H,31,37)/t22?,28-/m0/s1. The number of hydrogen-bond acceptors (Lipinski definition) is 6. The van der Waals surface area contributed by atoms with Crippen LogP contribution < -0.4 is 11.1 Å². The number of ether oxygens (including phenoxy) is 1. The molecule has 38 heavy (non-hydrogen) atoms. The van der Waals surface area contributed by atoms with Crippen molar-refractivity contribution in [2.75, 3.05) is 26.2 Å². The first kappa shape index (κ1) is 27.4. The van der Waals surface area contributed by atoms with Gasteiger partial charge in [-0.15, -0.1) is 0 Å². The van der Waals surface area contributed by atoms with Crippen LogP contribution in [0.4, 0.5) is 4.39 Å². The summed E-state index contributed by atoms with van der Waals surface area (Å²) in [5, 5.41) is 2.70. The number of carbonyl (C=O) groups excluding carboxylic acids is 4. The minimum atomic E-state index is -1.25. The van der Waals surface area contributed by atoms with Gasteiger partial charge in [0.25, 0.3) is 0 Å². The van der Waals surface area contributed by atoms with E-state index in [1.54, 1.807) is 12.1 Å². The van der Waals surface area contributed by atoms with Gasteiger partial charge in [-0.3, -0.25) is 19.2 Å². The van der Waals surface area contributed by atoms with Gasteiger partial charge >= 0.3 is 0 Å². The molecule has 202 valence electrons. The second-order valence-corrected chi connectivity index (χ2v) is 10.5. The van der Waals surface area contributed by atoms with Crippen molar-refractivity contribution in [1.82, 2.24) is 15.1 Å². The van der Waals surface area contributed by atoms with E-state index in [-0.39, 0.29) is 57.4 Å². The van der Waals surface area contributed by atoms with Crippen LogP contribution in [0.25, 0.3) is 0 Å². The number of nitrogens with zero attached hydrogens (tertiary/aromatic N) is 2. The summed E-state index contributed by atoms with van der Waals surface area (Å²) in [5.41, 5.74) is 5.06. The highest BCUT2D eigenvalue weighted by molar-refractivity contribution is 6.11. The van der Waals surface area contributed by atoms with Crippen LogP contribution in [-0.2, 0) is 36.9 Å². The zero-order valence-electron chi connectivity index (χ0n) is 21.6. The summed E-state index contributed by atoms with van der Waals surface area (Å²) in [5.74, 6) is -1.93. The summed E-state index contributed by atoms with van der Waals surface area (Å²) in [6.07, 6.45) is -0.0933. The Labute approximate surface area is 221 Å². The van der Waals surface area contributed by atoms with Crippen LogP contribution in [0, 0.1) is 5.82 Å². The lowest BCUT2D eigenvalue weighted by Crippen LogP contribution is -2.67. The molecule has 0 aliphatic carbocycles. The molecule has 0 spiro atoms. The maximum absolute atomic E-state index is 13.7. The summed E-state index contributed by atoms with van der Waals surface area (Å²) >= 11 is 0. The third-order valence-electron chi connectivity index (χ3n) is 7.00. The smallest absolute Gasteiger partial charge is 0.247 e. The molecule has 2 aliphatic heterocycles. The lowest BCUT2D eigenvalue weighted by atomic mass is 9.84. The zero-order chi connectivity index (χ0) is 27.5. The monoisotopic (exact) mass is 524 g/mol. The third-order valence-corrected chi connectivity index (χ3v) is 7.00. The lowest BCUT2D eigenvalue weighted by molar-refractivity contribution is -0.149. The minimum absolute atomic E-state index is 0.0368. The molecule has 9 nitrogen and oxygen atoms in total. The van der Waals surface area contributed by atoms with E-state index in [0.717, 1.165) is 5.56 Å². The molecule has 2 heterocycles. The average molecular weight is 525 g/mol. The Balaban J connectivity index is 1.55. The summed E-state index contributed by atoms with van der Waals surface area (Å²) in [6, 6.07) is 14.1. The Morgan fingerprint density at radius 1 is 1.08 bits per heavy atom. The highest BCUT2D eigenvalue weighted by Gasteiger charge is 2.56. The molecule has 3 amide bonds. The highest BCUT2D eigenvalue weighted by atomic mass is 19.1. The molecule has 2 aromatic rings. The van der Waals surface area contributed by atoms with Crippen molar-refractivity contribution in [1.29, 1.82) is 0 Å². The number of nitrogens with one attached hydrogen (secondary N) is 1. The van der Waals surface area contributed by atoms with Crippen molar-refractivity contribution >= 4 is 23.5 Å². The van der Waals surface area contributed by atoms with Crippen LogP contribution in [0.5, 0.6) is 0 Å². The van der Waals surface area contributed by atoms with Crippen molar-refractivity contribution in [3.8, 4) is 0 Å². The van der Waals surface area contributed by atoms with Crippen molar-refractivity contribution in [2.24, 2.45) is 5.73 Å². The first-order valence-corrected chi connectivity index (χ1v) is 12.6. The number of rotatable bonds is 9. The number of halogens is 1. The minimum Gasteiger partial charge on any atom is -0.374 e. The van der Waals surface area contributed by atoms with Crippen LogP contribution in [0.15, 0.2) is 54.6 Å². The summed E-state index contributed by atoms with van der Waals surface area (Å²) in [7, 11) is 0. The van der Waals surface area contributed by atoms with Gasteiger partial charge in [-0.1, -0.05) is 42.5 Å². The van der Waals surface area contributed by atoms with Crippen LogP contribution in [-0.4, -0.2) is 76.7 Å². The number of amides is 3. The van der Waals surface area contributed by atoms with Gasteiger partial charge in [0.1, 0.15) is 17.4 Å². The average Bonchev–Trinajstić information content (AvgIpc) is 3.12. The van der Waals surface area contributed by atoms with Gasteiger partial charge in [-0.05, 0) is 37.1 Å². The molecule has 1 unspecified atom stereocenters. The molecular weight excluding hydrogens is 491 g/mol. The van der Waals surface area contributed by atoms with E-state index in [1.165, 1.54) is 35.8 Å². The second kappa shape index (κ2) is 11.0. The van der Waals surface area contributed by atoms with Crippen molar-refractivity contribution in [3.05, 3.63) is 71.5 Å². The van der Waals surface area contributed by atoms with Crippen molar-refractivity contribution in [2.45, 2.75) is 50.4 Å². The molecule has 2 aliphatic rings. The fourth-order valence-corrected chi connectivity index (χ4v) is 4.90. The van der Waals surface area contributed by atoms with E-state index in [1.807, 2.05) is 30.3 Å². The maximum atomic E-state index is 13.7. The van der Waals surface area contributed by atoms with Crippen LogP contribution in [0.1, 0.15) is 31.4 Å². The van der Waals surface area contributed by atoms with Gasteiger partial charge in [0.2, 0.25) is 17.7 Å². The van der Waals surface area contributed by atoms with E-state index in [4.69, 9.17) is 10.5 Å². The van der Waals surface area contributed by atoms with Gasteiger partial charge in [0.05, 0.1) is 31.7 Å². The number of benzene rings is 2. The third kappa shape index (κ3) is 5.92. The lowest BCUT2D eigenvalue weighted by Gasteiger charge is -2.46. The summed E-state index contributed by atoms with van der Waals surface area (Å²) < 4.78 is 19.3. The summed E-state index contributed by atoms with van der Waals surface area (Å²) in [6.45, 7) is 3.54. The Morgan fingerprint density at radius 2 is 1.76 bits per heavy atom. The van der Waals surface area contributed by atoms with E-state index < -0.39 is 34.8 Å². The number of carbonyl (C=O) groups is 4. The largest absolute Gasteiger partial charge is 0.374 e. The molecule has 0 bridgehead atoms. The first-order valence-electron chi connectivity index (χ1n) is 12.6. The fourth-order valence-electron chi connectivity index (χ4n) is 4.90. The van der Waals surface area contributed by atoms with Gasteiger partial charge in [-0.2, -0.15) is 0 Å². The molecule has 3 N–H and O–H groups in total. The number of fused-ring (bicyclic) bond motifs is 1. The van der Waals surface area contributed by atoms with E-state index in [2.05, 4.69) is 5.32 Å². The molecule has 2 aromatic carbocycles. The number of ketones is 1. The molecule has 2 atom stereocenters. The normalized spacial score (nSPS) is 20.3. The second-order valence-electron chi connectivity index (χ2n) is 10.5. The van der Waals surface area contributed by atoms with E-state index in [9.17, 15) is 23.6 Å². The van der Waals surface area contributed by atoms with Gasteiger partial charge in [-0.25, -0.2) is 4.39 Å². The predicted octanol–water partition coefficient (Wildman–Crippen LogP) is 1.19. The van der Waals surface area contributed by atoms with Crippen LogP contribution >= 0.6 is 0 Å². The van der Waals surface area contributed by atoms with Gasteiger partial charge in [0.15, 0.2) is 5.78 Å². The van der Waals surface area contributed by atoms with E-state index >= 15 is 0 Å². The maximum Gasteiger partial charge on any atom is 0.247 e. The Hall–Kier alpha value is -3.63. The number of nitrogens with two attached hydrogens (primary N) is 1. The topological polar surface area (TPSA) is 122 Å². The van der Waals surface area contributed by atoms with E-state index in [0.29, 0.717) is 5.56 Å². The molecule has 0 saturated carbocycles. The highest BCUT2D eigenvalue weighted by Crippen LogP contribution is 2.34. The molecule has 2 saturated heterocycles. The van der Waals surface area contributed by atoms with Crippen LogP contribution in [0.2, 0.25) is 0 Å². The Bertz CT molecular complexity index is 1200. The SMILES string of the molecule is CC(C)(N)C(=O)NC(COCc1ccccc1)C(=O)N1CCN2C(=O)CC(=O)[C@]2(Cc2ccc(F)cc2)C1. The van der Waals surface area contributed by atoms with Crippen molar-refractivity contribution in [3.63, 3.8) is 0 Å². The zero-order valence-corrected chi connectivity index (χ0v) is 21.6. The number of hydrogen-bond donors (Lipinski definition) is 2. The predicted molar refractivity (Wildman–Crippen MR) is 137 cm³/mol.